The molecular formula is C15H9F19O2. The average Bonchev–Trinajstić information content (AvgIpc) is 2.63. The Morgan fingerprint density at radius 3 is 1.22 bits per heavy atom. The van der Waals surface area contributed by atoms with Crippen molar-refractivity contribution in [2.45, 2.75) is 66.9 Å². The first-order valence-electron chi connectivity index (χ1n) is 8.24. The van der Waals surface area contributed by atoms with E-state index in [0.717, 1.165) is 0 Å². The lowest BCUT2D eigenvalue weighted by Crippen LogP contribution is -2.78. The first-order chi connectivity index (χ1) is 15.3. The number of esters is 1. The van der Waals surface area contributed by atoms with Gasteiger partial charge in [-0.15, -0.1) is 0 Å². The zero-order chi connectivity index (χ0) is 29.8. The van der Waals surface area contributed by atoms with Gasteiger partial charge in [0.05, 0.1) is 6.61 Å². The van der Waals surface area contributed by atoms with E-state index in [-0.39, 0.29) is 0 Å². The highest BCUT2D eigenvalue weighted by Gasteiger charge is 2.97. The number of halogens is 19. The van der Waals surface area contributed by atoms with E-state index >= 15 is 0 Å². The van der Waals surface area contributed by atoms with Gasteiger partial charge >= 0.3 is 53.9 Å². The SMILES string of the molecule is C=C(C)C(=O)OCCC(F)(C(F)(F)C(F)(F)F)C(F)(F)C(F)(F)C(F)(F)C(F)(C(F)(F)F)C(F)(F)F. The largest absolute Gasteiger partial charge is 0.462 e. The fourth-order valence-electron chi connectivity index (χ4n) is 2.32. The van der Waals surface area contributed by atoms with Crippen molar-refractivity contribution in [1.82, 2.24) is 0 Å². The standard InChI is InChI=1S/C15H9F19O2/c1-5(2)6(35)36-4-3-7(16,10(20,21)15(32,33)34)9(18,19)12(24,25)11(22,23)8(17,13(26,27)28)14(29,30)31/h1,3-4H2,2H3. The lowest BCUT2D eigenvalue weighted by molar-refractivity contribution is -0.464. The zero-order valence-corrected chi connectivity index (χ0v) is 16.6. The van der Waals surface area contributed by atoms with E-state index < -0.39 is 78.1 Å². The summed E-state index contributed by atoms with van der Waals surface area (Å²) in [7, 11) is 0. The van der Waals surface area contributed by atoms with Crippen LogP contribution in [-0.4, -0.2) is 66.1 Å². The maximum absolute atomic E-state index is 14.6. The molecule has 0 spiro atoms. The average molecular weight is 582 g/mol. The zero-order valence-electron chi connectivity index (χ0n) is 16.6. The minimum absolute atomic E-state index is 0.674. The summed E-state index contributed by atoms with van der Waals surface area (Å²) < 4.78 is 255. The number of carbonyl (C=O) groups excluding carboxylic acids is 1. The number of alkyl halides is 19. The van der Waals surface area contributed by atoms with Crippen LogP contribution in [0.3, 0.4) is 0 Å². The second-order valence-electron chi connectivity index (χ2n) is 6.92. The van der Waals surface area contributed by atoms with Crippen molar-refractivity contribution < 1.29 is 92.9 Å². The van der Waals surface area contributed by atoms with Gasteiger partial charge in [0.1, 0.15) is 0 Å². The molecule has 0 radical (unpaired) electrons. The molecule has 0 saturated heterocycles. The van der Waals surface area contributed by atoms with Crippen molar-refractivity contribution in [1.29, 1.82) is 0 Å². The van der Waals surface area contributed by atoms with Gasteiger partial charge in [-0.05, 0) is 6.92 Å². The van der Waals surface area contributed by atoms with Crippen molar-refractivity contribution in [3.8, 4) is 0 Å². The number of rotatable bonds is 9. The van der Waals surface area contributed by atoms with Crippen molar-refractivity contribution >= 4 is 5.97 Å². The van der Waals surface area contributed by atoms with Crippen molar-refractivity contribution in [3.05, 3.63) is 12.2 Å². The summed E-state index contributed by atoms with van der Waals surface area (Å²) in [4.78, 5) is 11.0. The molecule has 214 valence electrons. The highest BCUT2D eigenvalue weighted by molar-refractivity contribution is 5.86. The predicted molar refractivity (Wildman–Crippen MR) is 76.0 cm³/mol. The van der Waals surface area contributed by atoms with Crippen LogP contribution >= 0.6 is 0 Å². The molecule has 0 N–H and O–H groups in total. The topological polar surface area (TPSA) is 26.3 Å². The van der Waals surface area contributed by atoms with E-state index in [9.17, 15) is 88.2 Å². The molecule has 0 aromatic carbocycles. The molecule has 0 bridgehead atoms. The summed E-state index contributed by atoms with van der Waals surface area (Å²) in [6.07, 6.45) is -27.9. The molecule has 2 nitrogen and oxygen atoms in total. The molecule has 21 heteroatoms. The third-order valence-electron chi connectivity index (χ3n) is 4.38. The van der Waals surface area contributed by atoms with Gasteiger partial charge in [-0.25, -0.2) is 13.6 Å². The molecule has 0 saturated carbocycles. The molecule has 0 aromatic heterocycles. The minimum atomic E-state index is -8.98. The van der Waals surface area contributed by atoms with Crippen LogP contribution in [0.1, 0.15) is 13.3 Å². The smallest absolute Gasteiger partial charge is 0.457 e. The Kier molecular flexibility index (Phi) is 8.49. The van der Waals surface area contributed by atoms with Gasteiger partial charge < -0.3 is 4.74 Å². The fourth-order valence-corrected chi connectivity index (χ4v) is 2.32. The summed E-state index contributed by atoms with van der Waals surface area (Å²) in [5, 5.41) is 0. The van der Waals surface area contributed by atoms with Gasteiger partial charge in [-0.2, -0.15) is 74.6 Å². The number of hydrogen-bond acceptors (Lipinski definition) is 2. The van der Waals surface area contributed by atoms with Gasteiger partial charge in [-0.3, -0.25) is 0 Å². The molecule has 0 aliphatic rings. The van der Waals surface area contributed by atoms with Crippen LogP contribution in [0.4, 0.5) is 83.4 Å². The molecular weight excluding hydrogens is 573 g/mol. The van der Waals surface area contributed by atoms with E-state index in [1.54, 1.807) is 0 Å². The van der Waals surface area contributed by atoms with Crippen LogP contribution in [0.15, 0.2) is 12.2 Å². The van der Waals surface area contributed by atoms with Crippen LogP contribution in [0.5, 0.6) is 0 Å². The Labute approximate surface area is 186 Å². The molecule has 0 fully saturated rings. The Morgan fingerprint density at radius 1 is 0.583 bits per heavy atom. The van der Waals surface area contributed by atoms with Crippen LogP contribution in [0.25, 0.3) is 0 Å². The Balaban J connectivity index is 7.25. The quantitative estimate of drug-likeness (QED) is 0.164. The maximum atomic E-state index is 14.6. The highest BCUT2D eigenvalue weighted by Crippen LogP contribution is 2.66. The number of ether oxygens (including phenoxy) is 1. The molecule has 0 aliphatic heterocycles. The Bertz CT molecular complexity index is 819. The van der Waals surface area contributed by atoms with Crippen molar-refractivity contribution in [3.63, 3.8) is 0 Å². The second-order valence-corrected chi connectivity index (χ2v) is 6.92. The summed E-state index contributed by atoms with van der Waals surface area (Å²) in [5.41, 5.74) is -17.1. The molecule has 0 heterocycles. The van der Waals surface area contributed by atoms with Gasteiger partial charge in [0.2, 0.25) is 0 Å². The van der Waals surface area contributed by atoms with Gasteiger partial charge in [-0.1, -0.05) is 6.58 Å². The first-order valence-corrected chi connectivity index (χ1v) is 8.24. The second kappa shape index (κ2) is 9.02. The van der Waals surface area contributed by atoms with Gasteiger partial charge in [0.15, 0.2) is 0 Å². The van der Waals surface area contributed by atoms with Crippen LogP contribution in [0.2, 0.25) is 0 Å². The molecule has 1 unspecified atom stereocenters. The lowest BCUT2D eigenvalue weighted by Gasteiger charge is -2.46. The number of carbonyl (C=O) groups is 1. The summed E-state index contributed by atoms with van der Waals surface area (Å²) >= 11 is 0. The minimum Gasteiger partial charge on any atom is -0.462 e. The fraction of sp³-hybridized carbons (Fsp3) is 0.800. The third kappa shape index (κ3) is 4.65. The van der Waals surface area contributed by atoms with E-state index in [2.05, 4.69) is 11.3 Å². The van der Waals surface area contributed by atoms with E-state index in [0.29, 0.717) is 6.92 Å². The maximum Gasteiger partial charge on any atom is 0.457 e. The molecule has 0 aromatic rings. The van der Waals surface area contributed by atoms with Crippen molar-refractivity contribution in [2.24, 2.45) is 0 Å². The first kappa shape index (κ1) is 33.9. The van der Waals surface area contributed by atoms with Gasteiger partial charge in [0, 0.05) is 12.0 Å². The van der Waals surface area contributed by atoms with E-state index in [1.807, 2.05) is 0 Å². The molecule has 0 amide bonds. The summed E-state index contributed by atoms with van der Waals surface area (Å²) in [6, 6.07) is 0. The van der Waals surface area contributed by atoms with Crippen LogP contribution in [0, 0.1) is 0 Å². The molecule has 0 rings (SSSR count). The molecule has 36 heavy (non-hydrogen) atoms. The summed E-state index contributed by atoms with van der Waals surface area (Å²) in [5.74, 6) is -36.4. The molecule has 1 atom stereocenters. The highest BCUT2D eigenvalue weighted by atomic mass is 19.4. The monoisotopic (exact) mass is 582 g/mol. The Morgan fingerprint density at radius 2 is 0.944 bits per heavy atom. The number of hydrogen-bond donors (Lipinski definition) is 0. The van der Waals surface area contributed by atoms with E-state index in [1.165, 1.54) is 0 Å². The summed E-state index contributed by atoms with van der Waals surface area (Å²) in [6.45, 7) is 0.856. The van der Waals surface area contributed by atoms with Gasteiger partial charge in [0.25, 0.3) is 5.67 Å². The van der Waals surface area contributed by atoms with Crippen LogP contribution in [-0.2, 0) is 9.53 Å². The normalized spacial score (nSPS) is 17.0. The Hall–Kier alpha value is -2.12. The predicted octanol–water partition coefficient (Wildman–Crippen LogP) is 7.14. The lowest BCUT2D eigenvalue weighted by atomic mass is 9.77. The molecule has 0 aliphatic carbocycles. The van der Waals surface area contributed by atoms with E-state index in [4.69, 9.17) is 0 Å². The van der Waals surface area contributed by atoms with Crippen LogP contribution < -0.4 is 0 Å². The van der Waals surface area contributed by atoms with Crippen molar-refractivity contribution in [2.75, 3.05) is 6.61 Å². The third-order valence-corrected chi connectivity index (χ3v) is 4.38.